The molecule has 1 saturated heterocycles. The molecule has 0 saturated carbocycles. The molecule has 1 amide bonds. The van der Waals surface area contributed by atoms with Gasteiger partial charge in [-0.15, -0.1) is 0 Å². The number of hydrogen-bond donors (Lipinski definition) is 0. The third-order valence-electron chi connectivity index (χ3n) is 3.04. The van der Waals surface area contributed by atoms with Gasteiger partial charge in [0.25, 0.3) is 0 Å². The average molecular weight is 199 g/mol. The number of hydrogen-bond acceptors (Lipinski definition) is 1. The normalized spacial score (nSPS) is 26.1. The van der Waals surface area contributed by atoms with Gasteiger partial charge in [0.2, 0.25) is 5.91 Å². The summed E-state index contributed by atoms with van der Waals surface area (Å²) in [7, 11) is 0. The number of unbranched alkanes of at least 4 members (excludes halogenated alkanes) is 1. The Morgan fingerprint density at radius 3 is 2.57 bits per heavy atom. The molecule has 0 spiro atoms. The highest BCUT2D eigenvalue weighted by Crippen LogP contribution is 2.27. The molecule has 0 aromatic heterocycles. The van der Waals surface area contributed by atoms with Crippen LogP contribution in [0.25, 0.3) is 0 Å². The Hall–Kier alpha value is -0.530. The van der Waals surface area contributed by atoms with Gasteiger partial charge in [-0.1, -0.05) is 27.2 Å². The number of likely N-dealkylation sites (tertiary alicyclic amines) is 1. The first kappa shape index (κ1) is 13.5. The molecule has 1 aliphatic rings. The molecular formula is C12H25NO. The molecule has 1 heterocycles. The van der Waals surface area contributed by atoms with Gasteiger partial charge >= 0.3 is 0 Å². The standard InChI is InChI=1S/C11H21NO.CH4/c1-4-5-6-11-8-7-9(2)12(11)10(3)13;/h9,11H,4-8H2,1-3H3;1H4. The summed E-state index contributed by atoms with van der Waals surface area (Å²) in [6.45, 7) is 6.06. The molecule has 2 heteroatoms. The Kier molecular flexibility index (Phi) is 5.82. The fourth-order valence-corrected chi connectivity index (χ4v) is 2.36. The lowest BCUT2D eigenvalue weighted by atomic mass is 10.1. The molecule has 1 aliphatic heterocycles. The van der Waals surface area contributed by atoms with Crippen LogP contribution in [0, 0.1) is 0 Å². The van der Waals surface area contributed by atoms with Crippen LogP contribution in [0.3, 0.4) is 0 Å². The van der Waals surface area contributed by atoms with Crippen molar-refractivity contribution in [2.45, 2.75) is 72.4 Å². The van der Waals surface area contributed by atoms with Crippen molar-refractivity contribution in [2.24, 2.45) is 0 Å². The van der Waals surface area contributed by atoms with Crippen LogP contribution in [0.15, 0.2) is 0 Å². The number of carbonyl (C=O) groups excluding carboxylic acids is 1. The summed E-state index contributed by atoms with van der Waals surface area (Å²) in [6.07, 6.45) is 6.08. The molecule has 0 N–H and O–H groups in total. The maximum atomic E-state index is 11.4. The van der Waals surface area contributed by atoms with Gasteiger partial charge in [-0.2, -0.15) is 0 Å². The van der Waals surface area contributed by atoms with Crippen molar-refractivity contribution in [1.82, 2.24) is 4.90 Å². The molecule has 2 atom stereocenters. The van der Waals surface area contributed by atoms with Crippen molar-refractivity contribution >= 4 is 5.91 Å². The van der Waals surface area contributed by atoms with Crippen molar-refractivity contribution in [1.29, 1.82) is 0 Å². The zero-order valence-electron chi connectivity index (χ0n) is 9.05. The van der Waals surface area contributed by atoms with E-state index in [1.165, 1.54) is 32.1 Å². The summed E-state index contributed by atoms with van der Waals surface area (Å²) < 4.78 is 0. The van der Waals surface area contributed by atoms with E-state index in [1.807, 2.05) is 0 Å². The molecule has 0 aromatic carbocycles. The quantitative estimate of drug-likeness (QED) is 0.683. The van der Waals surface area contributed by atoms with Crippen LogP contribution in [-0.2, 0) is 4.79 Å². The van der Waals surface area contributed by atoms with Crippen LogP contribution in [0.2, 0.25) is 0 Å². The fraction of sp³-hybridized carbons (Fsp3) is 0.917. The third-order valence-corrected chi connectivity index (χ3v) is 3.04. The van der Waals surface area contributed by atoms with E-state index in [-0.39, 0.29) is 13.3 Å². The second kappa shape index (κ2) is 6.05. The van der Waals surface area contributed by atoms with Gasteiger partial charge in [0.1, 0.15) is 0 Å². The second-order valence-corrected chi connectivity index (χ2v) is 4.15. The number of nitrogens with zero attached hydrogens (tertiary/aromatic N) is 1. The lowest BCUT2D eigenvalue weighted by Crippen LogP contribution is -2.38. The Labute approximate surface area is 88.7 Å². The van der Waals surface area contributed by atoms with Crippen molar-refractivity contribution in [3.8, 4) is 0 Å². The summed E-state index contributed by atoms with van der Waals surface area (Å²) >= 11 is 0. The molecule has 1 rings (SSSR count). The SMILES string of the molecule is C.CCCCC1CCC(C)N1C(C)=O. The van der Waals surface area contributed by atoms with Crippen molar-refractivity contribution in [3.63, 3.8) is 0 Å². The van der Waals surface area contributed by atoms with E-state index >= 15 is 0 Å². The monoisotopic (exact) mass is 199 g/mol. The summed E-state index contributed by atoms with van der Waals surface area (Å²) in [5.41, 5.74) is 0. The molecule has 14 heavy (non-hydrogen) atoms. The van der Waals surface area contributed by atoms with E-state index in [0.717, 1.165) is 0 Å². The maximum absolute atomic E-state index is 11.4. The van der Waals surface area contributed by atoms with Crippen LogP contribution in [0.5, 0.6) is 0 Å². The van der Waals surface area contributed by atoms with Gasteiger partial charge in [0.05, 0.1) is 0 Å². The first-order valence-corrected chi connectivity index (χ1v) is 5.45. The van der Waals surface area contributed by atoms with Crippen LogP contribution in [0.1, 0.15) is 60.3 Å². The highest BCUT2D eigenvalue weighted by Gasteiger charge is 2.31. The van der Waals surface area contributed by atoms with Gasteiger partial charge in [-0.05, 0) is 26.2 Å². The minimum Gasteiger partial charge on any atom is -0.337 e. The van der Waals surface area contributed by atoms with Crippen LogP contribution < -0.4 is 0 Å². The minimum absolute atomic E-state index is 0. The lowest BCUT2D eigenvalue weighted by Gasteiger charge is -2.27. The first-order valence-electron chi connectivity index (χ1n) is 5.45. The van der Waals surface area contributed by atoms with Crippen molar-refractivity contribution in [2.75, 3.05) is 0 Å². The molecule has 2 unspecified atom stereocenters. The molecule has 0 aliphatic carbocycles. The third kappa shape index (κ3) is 3.00. The maximum Gasteiger partial charge on any atom is 0.219 e. The summed E-state index contributed by atoms with van der Waals surface area (Å²) in [5.74, 6) is 0.256. The van der Waals surface area contributed by atoms with E-state index in [9.17, 15) is 4.79 Å². The highest BCUT2D eigenvalue weighted by atomic mass is 16.2. The Morgan fingerprint density at radius 1 is 1.43 bits per heavy atom. The van der Waals surface area contributed by atoms with E-state index in [2.05, 4.69) is 18.7 Å². The predicted octanol–water partition coefficient (Wildman–Crippen LogP) is 3.21. The fourth-order valence-electron chi connectivity index (χ4n) is 2.36. The molecule has 0 radical (unpaired) electrons. The molecular weight excluding hydrogens is 174 g/mol. The number of rotatable bonds is 3. The minimum atomic E-state index is 0. The van der Waals surface area contributed by atoms with Gasteiger partial charge in [0.15, 0.2) is 0 Å². The summed E-state index contributed by atoms with van der Waals surface area (Å²) in [4.78, 5) is 13.4. The predicted molar refractivity (Wildman–Crippen MR) is 61.3 cm³/mol. The molecule has 2 nitrogen and oxygen atoms in total. The Bertz CT molecular complexity index is 179. The topological polar surface area (TPSA) is 20.3 Å². The largest absolute Gasteiger partial charge is 0.337 e. The van der Waals surface area contributed by atoms with E-state index in [4.69, 9.17) is 0 Å². The molecule has 1 fully saturated rings. The smallest absolute Gasteiger partial charge is 0.219 e. The Balaban J connectivity index is 0.00000169. The number of amides is 1. The highest BCUT2D eigenvalue weighted by molar-refractivity contribution is 5.74. The molecule has 0 aromatic rings. The van der Waals surface area contributed by atoms with E-state index in [0.29, 0.717) is 12.1 Å². The van der Waals surface area contributed by atoms with Crippen molar-refractivity contribution in [3.05, 3.63) is 0 Å². The zero-order chi connectivity index (χ0) is 9.84. The second-order valence-electron chi connectivity index (χ2n) is 4.15. The number of carbonyl (C=O) groups is 1. The van der Waals surface area contributed by atoms with Crippen LogP contribution in [-0.4, -0.2) is 22.9 Å². The molecule has 0 bridgehead atoms. The average Bonchev–Trinajstić information content (AvgIpc) is 2.43. The van der Waals surface area contributed by atoms with Gasteiger partial charge in [-0.25, -0.2) is 0 Å². The van der Waals surface area contributed by atoms with E-state index < -0.39 is 0 Å². The van der Waals surface area contributed by atoms with Gasteiger partial charge < -0.3 is 4.90 Å². The van der Waals surface area contributed by atoms with Crippen LogP contribution in [0.4, 0.5) is 0 Å². The summed E-state index contributed by atoms with van der Waals surface area (Å²) in [6, 6.07) is 1.01. The Morgan fingerprint density at radius 2 is 2.07 bits per heavy atom. The lowest BCUT2D eigenvalue weighted by molar-refractivity contribution is -0.131. The summed E-state index contributed by atoms with van der Waals surface area (Å²) in [5, 5.41) is 0. The zero-order valence-corrected chi connectivity index (χ0v) is 9.05. The van der Waals surface area contributed by atoms with Gasteiger partial charge in [-0.3, -0.25) is 4.79 Å². The molecule has 84 valence electrons. The van der Waals surface area contributed by atoms with Crippen LogP contribution >= 0.6 is 0 Å². The van der Waals surface area contributed by atoms with E-state index in [1.54, 1.807) is 6.92 Å². The first-order chi connectivity index (χ1) is 6.16. The van der Waals surface area contributed by atoms with Gasteiger partial charge in [0, 0.05) is 19.0 Å². The van der Waals surface area contributed by atoms with Crippen molar-refractivity contribution < 1.29 is 4.79 Å².